The molecule has 0 bridgehead atoms. The van der Waals surface area contributed by atoms with E-state index in [0.29, 0.717) is 0 Å². The highest BCUT2D eigenvalue weighted by Crippen LogP contribution is 1.70. The molecular weight excluding hydrogens is 100 g/mol. The van der Waals surface area contributed by atoms with Crippen molar-refractivity contribution in [1.29, 1.82) is 0 Å². The highest BCUT2D eigenvalue weighted by atomic mass is 32.1. The van der Waals surface area contributed by atoms with E-state index in [9.17, 15) is 0 Å². The Kier molecular flexibility index (Phi) is 0.754. The molecule has 0 fully saturated rings. The van der Waals surface area contributed by atoms with Crippen LogP contribution in [-0.4, -0.2) is 19.6 Å². The second-order valence-corrected chi connectivity index (χ2v) is 1.05. The van der Waals surface area contributed by atoms with Crippen LogP contribution in [0, 0.1) is 6.33 Å². The SMILES string of the molecule is Sn1[c]nnn1. The second-order valence-electron chi connectivity index (χ2n) is 0.668. The van der Waals surface area contributed by atoms with E-state index >= 15 is 0 Å². The van der Waals surface area contributed by atoms with E-state index in [-0.39, 0.29) is 0 Å². The Labute approximate surface area is 39.7 Å². The first-order valence-electron chi connectivity index (χ1n) is 1.25. The van der Waals surface area contributed by atoms with E-state index in [1.165, 1.54) is 0 Å². The van der Waals surface area contributed by atoms with Gasteiger partial charge in [-0.3, -0.25) is 0 Å². The van der Waals surface area contributed by atoms with Crippen molar-refractivity contribution >= 4 is 12.8 Å². The Bertz CT molecular complexity index is 111. The predicted molar refractivity (Wildman–Crippen MR) is 21.0 cm³/mol. The number of hydrogen-bond acceptors (Lipinski definition) is 4. The standard InChI is InChI=1S/CHN4S/c6-5-1-2-3-4-5/h6H. The van der Waals surface area contributed by atoms with Gasteiger partial charge in [0, 0.05) is 0 Å². The number of hydrogen-bond donors (Lipinski definition) is 1. The van der Waals surface area contributed by atoms with E-state index in [0.717, 1.165) is 4.09 Å². The average molecular weight is 101 g/mol. The van der Waals surface area contributed by atoms with Crippen molar-refractivity contribution in [1.82, 2.24) is 19.6 Å². The lowest BCUT2D eigenvalue weighted by Gasteiger charge is -1.67. The molecule has 31 valence electrons. The number of rotatable bonds is 0. The molecule has 1 radical (unpaired) electrons. The van der Waals surface area contributed by atoms with Crippen molar-refractivity contribution in [2.45, 2.75) is 0 Å². The third kappa shape index (κ3) is 0.486. The van der Waals surface area contributed by atoms with Crippen LogP contribution >= 0.6 is 12.8 Å². The fourth-order valence-corrected chi connectivity index (χ4v) is 0.214. The highest BCUT2D eigenvalue weighted by Gasteiger charge is 1.76. The molecule has 0 saturated carbocycles. The van der Waals surface area contributed by atoms with Crippen LogP contribution in [0.2, 0.25) is 0 Å². The highest BCUT2D eigenvalue weighted by molar-refractivity contribution is 7.78. The minimum Gasteiger partial charge on any atom is -0.165 e. The summed E-state index contributed by atoms with van der Waals surface area (Å²) in [6.07, 6.45) is 2.31. The van der Waals surface area contributed by atoms with E-state index in [1.807, 2.05) is 0 Å². The molecule has 0 atom stereocenters. The molecule has 0 amide bonds. The Balaban J connectivity index is 3.05. The molecule has 1 aromatic rings. The van der Waals surface area contributed by atoms with Gasteiger partial charge in [0.1, 0.15) is 0 Å². The van der Waals surface area contributed by atoms with Gasteiger partial charge in [0.25, 0.3) is 0 Å². The Morgan fingerprint density at radius 3 is 2.67 bits per heavy atom. The van der Waals surface area contributed by atoms with Crippen molar-refractivity contribution in [3.63, 3.8) is 0 Å². The van der Waals surface area contributed by atoms with Gasteiger partial charge in [0.05, 0.1) is 0 Å². The van der Waals surface area contributed by atoms with E-state index in [4.69, 9.17) is 0 Å². The Morgan fingerprint density at radius 2 is 2.50 bits per heavy atom. The van der Waals surface area contributed by atoms with Crippen LogP contribution in [0.3, 0.4) is 0 Å². The normalized spacial score (nSPS) is 8.83. The molecule has 1 heterocycles. The van der Waals surface area contributed by atoms with Gasteiger partial charge in [-0.1, -0.05) is 0 Å². The Hall–Kier alpha value is -0.580. The van der Waals surface area contributed by atoms with Crippen LogP contribution in [-0.2, 0) is 0 Å². The monoisotopic (exact) mass is 101 g/mol. The lowest BCUT2D eigenvalue weighted by molar-refractivity contribution is 0.856. The van der Waals surface area contributed by atoms with Crippen LogP contribution in [0.15, 0.2) is 0 Å². The zero-order valence-electron chi connectivity index (χ0n) is 2.74. The molecule has 0 N–H and O–H groups in total. The van der Waals surface area contributed by atoms with Crippen molar-refractivity contribution < 1.29 is 0 Å². The maximum absolute atomic E-state index is 3.66. The quantitative estimate of drug-likeness (QED) is 0.433. The first-order chi connectivity index (χ1) is 2.89. The van der Waals surface area contributed by atoms with Gasteiger partial charge in [-0.25, -0.2) is 0 Å². The fraction of sp³-hybridized carbons (Fsp3) is 0. The summed E-state index contributed by atoms with van der Waals surface area (Å²) < 4.78 is 1.10. The second kappa shape index (κ2) is 1.25. The average Bonchev–Trinajstić information content (AvgIpc) is 1.86. The van der Waals surface area contributed by atoms with E-state index in [2.05, 4.69) is 34.7 Å². The molecule has 0 aliphatic rings. The molecule has 0 spiro atoms. The third-order valence-electron chi connectivity index (χ3n) is 0.304. The summed E-state index contributed by atoms with van der Waals surface area (Å²) in [6.45, 7) is 0. The molecule has 0 saturated heterocycles. The minimum atomic E-state index is 1.10. The lowest BCUT2D eigenvalue weighted by Crippen LogP contribution is -1.77. The van der Waals surface area contributed by atoms with Crippen molar-refractivity contribution in [3.05, 3.63) is 6.33 Å². The molecule has 0 aliphatic carbocycles. The number of tetrazole rings is 1. The van der Waals surface area contributed by atoms with Crippen molar-refractivity contribution in [3.8, 4) is 0 Å². The molecule has 0 aromatic carbocycles. The largest absolute Gasteiger partial charge is 0.233 e. The van der Waals surface area contributed by atoms with Crippen LogP contribution in [0.1, 0.15) is 0 Å². The van der Waals surface area contributed by atoms with E-state index in [1.54, 1.807) is 0 Å². The minimum absolute atomic E-state index is 1.10. The zero-order valence-corrected chi connectivity index (χ0v) is 3.63. The molecule has 4 nitrogen and oxygen atoms in total. The molecular formula is CHN4S. The molecule has 6 heavy (non-hydrogen) atoms. The fourth-order valence-electron chi connectivity index (χ4n) is 0.138. The van der Waals surface area contributed by atoms with Gasteiger partial charge < -0.3 is 0 Å². The van der Waals surface area contributed by atoms with Gasteiger partial charge in [0.2, 0.25) is 6.33 Å². The number of thiol groups is 1. The molecule has 5 heteroatoms. The Morgan fingerprint density at radius 1 is 1.67 bits per heavy atom. The van der Waals surface area contributed by atoms with Crippen LogP contribution < -0.4 is 0 Å². The summed E-state index contributed by atoms with van der Waals surface area (Å²) in [5, 5.41) is 9.66. The van der Waals surface area contributed by atoms with Gasteiger partial charge in [-0.05, 0) is 23.2 Å². The van der Waals surface area contributed by atoms with Gasteiger partial charge in [0.15, 0.2) is 0 Å². The number of nitrogens with zero attached hydrogens (tertiary/aromatic N) is 4. The van der Waals surface area contributed by atoms with Crippen LogP contribution in [0.5, 0.6) is 0 Å². The molecule has 1 rings (SSSR count). The maximum Gasteiger partial charge on any atom is 0.233 e. The van der Waals surface area contributed by atoms with Crippen LogP contribution in [0.25, 0.3) is 0 Å². The lowest BCUT2D eigenvalue weighted by atomic mass is 11.4. The van der Waals surface area contributed by atoms with E-state index < -0.39 is 0 Å². The van der Waals surface area contributed by atoms with Gasteiger partial charge in [-0.2, -0.15) is 4.09 Å². The van der Waals surface area contributed by atoms with Crippen molar-refractivity contribution in [2.24, 2.45) is 0 Å². The molecule has 0 unspecified atom stereocenters. The summed E-state index contributed by atoms with van der Waals surface area (Å²) >= 11 is 3.66. The first-order valence-corrected chi connectivity index (χ1v) is 1.65. The summed E-state index contributed by atoms with van der Waals surface area (Å²) in [4.78, 5) is 0. The van der Waals surface area contributed by atoms with Crippen LogP contribution in [0.4, 0.5) is 0 Å². The van der Waals surface area contributed by atoms with Gasteiger partial charge in [-0.15, -0.1) is 5.10 Å². The summed E-state index contributed by atoms with van der Waals surface area (Å²) in [7, 11) is 0. The summed E-state index contributed by atoms with van der Waals surface area (Å²) in [6, 6.07) is 0. The van der Waals surface area contributed by atoms with Crippen molar-refractivity contribution in [2.75, 3.05) is 0 Å². The molecule has 1 aromatic heterocycles. The molecule has 0 aliphatic heterocycles. The topological polar surface area (TPSA) is 43.6 Å². The third-order valence-corrected chi connectivity index (χ3v) is 0.473. The summed E-state index contributed by atoms with van der Waals surface area (Å²) in [5.74, 6) is 0. The predicted octanol–water partition coefficient (Wildman–Crippen LogP) is -0.834. The zero-order chi connectivity index (χ0) is 4.41. The smallest absolute Gasteiger partial charge is 0.165 e. The van der Waals surface area contributed by atoms with Gasteiger partial charge >= 0.3 is 0 Å². The first kappa shape index (κ1) is 3.60. The maximum atomic E-state index is 3.66. The number of aromatic nitrogens is 4. The summed E-state index contributed by atoms with van der Waals surface area (Å²) in [5.41, 5.74) is 0.